The number of anilines is 2. The molecule has 0 radical (unpaired) electrons. The Morgan fingerprint density at radius 3 is 1.12 bits per heavy atom. The molecule has 0 amide bonds. The Hall–Kier alpha value is -4.06. The van der Waals surface area contributed by atoms with Gasteiger partial charge in [-0.1, -0.05) is 60.7 Å². The maximum Gasteiger partial charge on any atom is 0.295 e. The summed E-state index contributed by atoms with van der Waals surface area (Å²) in [6, 6.07) is 21.0. The van der Waals surface area contributed by atoms with E-state index in [9.17, 15) is 42.8 Å². The summed E-state index contributed by atoms with van der Waals surface area (Å²) in [4.78, 5) is -1.58. The number of benzene rings is 4. The molecule has 16 heteroatoms. The van der Waals surface area contributed by atoms with Gasteiger partial charge in [0.2, 0.25) is 0 Å². The summed E-state index contributed by atoms with van der Waals surface area (Å²) in [7, 11) is -18.0. The van der Waals surface area contributed by atoms with Gasteiger partial charge in [0.25, 0.3) is 40.3 Å². The van der Waals surface area contributed by atoms with Crippen molar-refractivity contribution < 1.29 is 42.8 Å². The fourth-order valence-electron chi connectivity index (χ4n) is 3.72. The Kier molecular flexibility index (Phi) is 8.58. The van der Waals surface area contributed by atoms with E-state index in [1.165, 1.54) is 60.7 Å². The first-order chi connectivity index (χ1) is 19.6. The zero-order valence-electron chi connectivity index (χ0n) is 21.2. The highest BCUT2D eigenvalue weighted by Crippen LogP contribution is 2.28. The third-order valence-electron chi connectivity index (χ3n) is 5.64. The normalized spacial score (nSPS) is 12.7. The zero-order chi connectivity index (χ0) is 30.8. The van der Waals surface area contributed by atoms with E-state index in [0.717, 1.165) is 36.4 Å². The van der Waals surface area contributed by atoms with Crippen LogP contribution in [0, 0.1) is 0 Å². The van der Waals surface area contributed by atoms with Crippen LogP contribution in [0.1, 0.15) is 11.1 Å². The summed E-state index contributed by atoms with van der Waals surface area (Å²) < 4.78 is 123. The van der Waals surface area contributed by atoms with Crippen LogP contribution in [0.15, 0.2) is 117 Å². The van der Waals surface area contributed by atoms with Gasteiger partial charge in [0.15, 0.2) is 0 Å². The molecule has 0 saturated carbocycles. The average molecular weight is 651 g/mol. The van der Waals surface area contributed by atoms with Gasteiger partial charge in [-0.3, -0.25) is 18.5 Å². The predicted molar refractivity (Wildman–Crippen MR) is 156 cm³/mol. The van der Waals surface area contributed by atoms with Crippen LogP contribution in [0.5, 0.6) is 0 Å². The monoisotopic (exact) mass is 650 g/mol. The van der Waals surface area contributed by atoms with Crippen molar-refractivity contribution in [2.45, 2.75) is 19.6 Å². The molecule has 0 aliphatic heterocycles. The van der Waals surface area contributed by atoms with Crippen molar-refractivity contribution in [1.82, 2.24) is 0 Å². The van der Waals surface area contributed by atoms with Gasteiger partial charge in [-0.15, -0.1) is 0 Å². The van der Waals surface area contributed by atoms with E-state index in [1.807, 2.05) is 0 Å². The first-order valence-electron chi connectivity index (χ1n) is 11.6. The van der Waals surface area contributed by atoms with Gasteiger partial charge >= 0.3 is 0 Å². The maximum atomic E-state index is 12.6. The fraction of sp³-hybridized carbons (Fsp3) is 0. The molecule has 0 atom stereocenters. The lowest BCUT2D eigenvalue weighted by Crippen LogP contribution is -2.13. The minimum absolute atomic E-state index is 0.0883. The molecule has 0 saturated heterocycles. The van der Waals surface area contributed by atoms with E-state index >= 15 is 0 Å². The molecule has 0 bridgehead atoms. The second-order valence-electron chi connectivity index (χ2n) is 8.63. The summed E-state index contributed by atoms with van der Waals surface area (Å²) in [5.41, 5.74) is -0.680. The molecular formula is C26H22N2O10S4. The zero-order valence-corrected chi connectivity index (χ0v) is 24.5. The van der Waals surface area contributed by atoms with Gasteiger partial charge < -0.3 is 0 Å². The minimum atomic E-state index is -4.90. The lowest BCUT2D eigenvalue weighted by Gasteiger charge is -2.12. The average Bonchev–Trinajstić information content (AvgIpc) is 2.92. The van der Waals surface area contributed by atoms with E-state index in [0.29, 0.717) is 0 Å². The number of hydrogen-bond donors (Lipinski definition) is 4. The summed E-state index contributed by atoms with van der Waals surface area (Å²) in [6.45, 7) is 0. The van der Waals surface area contributed by atoms with Crippen LogP contribution in [0.25, 0.3) is 12.2 Å². The molecule has 12 nitrogen and oxygen atoms in total. The molecule has 220 valence electrons. The fourth-order valence-corrected chi connectivity index (χ4v) is 7.29. The molecule has 42 heavy (non-hydrogen) atoms. The van der Waals surface area contributed by atoms with E-state index in [-0.39, 0.29) is 32.3 Å². The minimum Gasteiger partial charge on any atom is -0.282 e. The van der Waals surface area contributed by atoms with E-state index in [1.54, 1.807) is 12.1 Å². The highest BCUT2D eigenvalue weighted by atomic mass is 32.2. The van der Waals surface area contributed by atoms with Crippen LogP contribution in [-0.2, 0) is 40.3 Å². The number of rotatable bonds is 10. The molecule has 0 heterocycles. The standard InChI is InChI=1S/C26H22N2O10S4/c29-39(30,23-7-3-1-4-8-23)27-21-15-13-19(25(17-21)41(33,34)35)11-12-20-14-16-22(18-26(20)42(36,37)38)28-40(31,32)24-9-5-2-6-10-24/h1-18,27-28H,(H,33,34,35)(H,36,37,38)/b12-11+. The van der Waals surface area contributed by atoms with Crippen molar-refractivity contribution in [1.29, 1.82) is 0 Å². The summed E-state index contributed by atoms with van der Waals surface area (Å²) >= 11 is 0. The number of hydrogen-bond acceptors (Lipinski definition) is 8. The van der Waals surface area contributed by atoms with Crippen LogP contribution in [0.3, 0.4) is 0 Å². The molecular weight excluding hydrogens is 629 g/mol. The largest absolute Gasteiger partial charge is 0.295 e. The molecule has 4 rings (SSSR count). The van der Waals surface area contributed by atoms with Crippen LogP contribution < -0.4 is 9.44 Å². The third-order valence-corrected chi connectivity index (χ3v) is 10.2. The van der Waals surface area contributed by atoms with Crippen molar-refractivity contribution in [3.05, 3.63) is 108 Å². The molecule has 0 aliphatic rings. The second kappa shape index (κ2) is 11.7. The van der Waals surface area contributed by atoms with Crippen LogP contribution in [-0.4, -0.2) is 42.8 Å². The number of sulfonamides is 2. The van der Waals surface area contributed by atoms with Crippen molar-refractivity contribution in [2.75, 3.05) is 9.44 Å². The van der Waals surface area contributed by atoms with Gasteiger partial charge in [-0.25, -0.2) is 16.8 Å². The molecule has 4 aromatic rings. The highest BCUT2D eigenvalue weighted by molar-refractivity contribution is 7.93. The summed E-state index contributed by atoms with van der Waals surface area (Å²) in [5.74, 6) is 0. The Morgan fingerprint density at radius 2 is 0.810 bits per heavy atom. The first kappa shape index (κ1) is 30.9. The summed E-state index contributed by atoms with van der Waals surface area (Å²) in [6.07, 6.45) is 2.22. The van der Waals surface area contributed by atoms with E-state index in [2.05, 4.69) is 9.44 Å². The quantitative estimate of drug-likeness (QED) is 0.144. The van der Waals surface area contributed by atoms with Crippen LogP contribution >= 0.6 is 0 Å². The lowest BCUT2D eigenvalue weighted by atomic mass is 10.1. The molecule has 0 fully saturated rings. The molecule has 0 aromatic heterocycles. The van der Waals surface area contributed by atoms with Gasteiger partial charge in [0.05, 0.1) is 21.2 Å². The SMILES string of the molecule is O=S(=O)(O)c1cc(NS(=O)(=O)c2ccccc2)ccc1/C=C/c1ccc(NS(=O)(=O)c2ccccc2)cc1S(=O)(=O)O. The van der Waals surface area contributed by atoms with Gasteiger partial charge in [0.1, 0.15) is 9.79 Å². The van der Waals surface area contributed by atoms with Crippen LogP contribution in [0.2, 0.25) is 0 Å². The highest BCUT2D eigenvalue weighted by Gasteiger charge is 2.21. The molecule has 0 aliphatic carbocycles. The topological polar surface area (TPSA) is 201 Å². The van der Waals surface area contributed by atoms with Gasteiger partial charge in [-0.05, 0) is 59.7 Å². The smallest absolute Gasteiger partial charge is 0.282 e. The second-order valence-corrected chi connectivity index (χ2v) is 14.8. The Morgan fingerprint density at radius 1 is 0.476 bits per heavy atom. The van der Waals surface area contributed by atoms with Crippen LogP contribution in [0.4, 0.5) is 11.4 Å². The Bertz CT molecular complexity index is 1950. The Labute approximate surface area is 243 Å². The van der Waals surface area contributed by atoms with Crippen molar-refractivity contribution in [2.24, 2.45) is 0 Å². The Balaban J connectivity index is 1.69. The van der Waals surface area contributed by atoms with Gasteiger partial charge in [-0.2, -0.15) is 16.8 Å². The van der Waals surface area contributed by atoms with Gasteiger partial charge in [0, 0.05) is 0 Å². The molecule has 4 aromatic carbocycles. The van der Waals surface area contributed by atoms with Crippen molar-refractivity contribution in [3.63, 3.8) is 0 Å². The first-order valence-corrected chi connectivity index (χ1v) is 17.5. The lowest BCUT2D eigenvalue weighted by molar-refractivity contribution is 0.480. The van der Waals surface area contributed by atoms with E-state index < -0.39 is 50.1 Å². The molecule has 4 N–H and O–H groups in total. The molecule has 0 unspecified atom stereocenters. The van der Waals surface area contributed by atoms with Crippen molar-refractivity contribution >= 4 is 63.8 Å². The number of nitrogens with one attached hydrogen (secondary N) is 2. The summed E-state index contributed by atoms with van der Waals surface area (Å²) in [5, 5.41) is 0. The predicted octanol–water partition coefficient (Wildman–Crippen LogP) is 3.95. The van der Waals surface area contributed by atoms with E-state index in [4.69, 9.17) is 0 Å². The third kappa shape index (κ3) is 7.41. The van der Waals surface area contributed by atoms with Crippen molar-refractivity contribution in [3.8, 4) is 0 Å². The maximum absolute atomic E-state index is 12.6. The molecule has 0 spiro atoms.